The molecule has 3 aromatic rings. The Balaban J connectivity index is 1.77. The number of benzene rings is 2. The number of aryl methyl sites for hydroxylation is 2. The zero-order valence-electron chi connectivity index (χ0n) is 21.0. The second-order valence-electron chi connectivity index (χ2n) is 8.68. The first-order chi connectivity index (χ1) is 17.9. The Hall–Kier alpha value is -3.27. The number of unbranched alkanes of at least 4 members (excludes halogenated alkanes) is 2. The minimum atomic E-state index is -4.10. The van der Waals surface area contributed by atoms with Gasteiger partial charge in [-0.1, -0.05) is 30.2 Å². The van der Waals surface area contributed by atoms with Gasteiger partial charge in [0.15, 0.2) is 12.4 Å². The monoisotopic (exact) mass is 551 g/mol. The number of carbonyl (C=O) groups is 1. The first kappa shape index (κ1) is 29.3. The lowest BCUT2D eigenvalue weighted by Crippen LogP contribution is -2.15. The van der Waals surface area contributed by atoms with E-state index in [1.54, 1.807) is 0 Å². The molecule has 0 radical (unpaired) electrons. The summed E-state index contributed by atoms with van der Waals surface area (Å²) in [6.45, 7) is 3.73. The van der Waals surface area contributed by atoms with Gasteiger partial charge in [0, 0.05) is 12.8 Å². The van der Waals surface area contributed by atoms with E-state index in [0.717, 1.165) is 22.8 Å². The predicted octanol–water partition coefficient (Wildman–Crippen LogP) is 2.88. The van der Waals surface area contributed by atoms with Crippen LogP contribution in [0.5, 0.6) is 0 Å². The average molecular weight is 552 g/mol. The van der Waals surface area contributed by atoms with Gasteiger partial charge < -0.3 is 4.74 Å². The first-order valence-electron chi connectivity index (χ1n) is 11.7. The van der Waals surface area contributed by atoms with Crippen molar-refractivity contribution >= 4 is 16.0 Å². The second-order valence-corrected chi connectivity index (χ2v) is 10.2. The van der Waals surface area contributed by atoms with E-state index in [0.29, 0.717) is 31.5 Å². The zero-order chi connectivity index (χ0) is 27.9. The van der Waals surface area contributed by atoms with Gasteiger partial charge in [0.05, 0.1) is 16.9 Å². The number of ether oxygens (including phenoxy) is 1. The molecule has 0 atom stereocenters. The molecule has 0 saturated heterocycles. The molecule has 0 spiro atoms. The summed E-state index contributed by atoms with van der Waals surface area (Å²) in [4.78, 5) is 20.7. The molecule has 0 saturated carbocycles. The number of halogens is 1. The number of nitrogens with two attached hydrogens (primary N) is 1. The van der Waals surface area contributed by atoms with Crippen LogP contribution in [0.4, 0.5) is 4.39 Å². The van der Waals surface area contributed by atoms with Crippen molar-refractivity contribution in [2.45, 2.75) is 57.5 Å². The average Bonchev–Trinajstić information content (AvgIpc) is 3.23. The van der Waals surface area contributed by atoms with Gasteiger partial charge in [-0.2, -0.15) is 0 Å². The van der Waals surface area contributed by atoms with E-state index in [1.165, 1.54) is 16.8 Å². The Morgan fingerprint density at radius 1 is 1.13 bits per heavy atom. The van der Waals surface area contributed by atoms with Gasteiger partial charge in [0.25, 0.3) is 0 Å². The van der Waals surface area contributed by atoms with Crippen LogP contribution in [0.25, 0.3) is 5.69 Å². The number of primary sulfonamides is 1. The first-order valence-corrected chi connectivity index (χ1v) is 13.3. The molecule has 14 heteroatoms. The van der Waals surface area contributed by atoms with Gasteiger partial charge >= 0.3 is 5.97 Å². The van der Waals surface area contributed by atoms with E-state index < -0.39 is 21.8 Å². The molecule has 206 valence electrons. The normalized spacial score (nSPS) is 11.8. The summed E-state index contributed by atoms with van der Waals surface area (Å²) < 4.78 is 44.8. The van der Waals surface area contributed by atoms with Gasteiger partial charge in [0.2, 0.25) is 10.0 Å². The number of sulfonamides is 1. The van der Waals surface area contributed by atoms with Gasteiger partial charge in [-0.05, 0) is 56.0 Å². The van der Waals surface area contributed by atoms with Crippen LogP contribution in [-0.2, 0) is 37.4 Å². The molecule has 12 nitrogen and oxygen atoms in total. The SMILES string of the molecule is Cc1ccc(C)c(Cc2nc(COC(=O)CCCCCON(O)O)nn2-c2ccc(S(N)(=O)=O)cc2F)c1. The number of aromatic nitrogens is 3. The van der Waals surface area contributed by atoms with Crippen LogP contribution < -0.4 is 5.14 Å². The van der Waals surface area contributed by atoms with Crippen LogP contribution in [0, 0.1) is 19.7 Å². The number of hydrogen-bond acceptors (Lipinski definition) is 10. The van der Waals surface area contributed by atoms with Crippen LogP contribution in [0.1, 0.15) is 54.0 Å². The predicted molar refractivity (Wildman–Crippen MR) is 131 cm³/mol. The van der Waals surface area contributed by atoms with Crippen molar-refractivity contribution in [1.82, 2.24) is 20.2 Å². The number of rotatable bonds is 13. The highest BCUT2D eigenvalue weighted by atomic mass is 32.2. The third kappa shape index (κ3) is 8.37. The fourth-order valence-corrected chi connectivity index (χ4v) is 4.19. The Labute approximate surface area is 219 Å². The van der Waals surface area contributed by atoms with Crippen LogP contribution in [0.3, 0.4) is 0 Å². The van der Waals surface area contributed by atoms with Crippen LogP contribution >= 0.6 is 0 Å². The Kier molecular flexibility index (Phi) is 10.0. The maximum atomic E-state index is 15.0. The van der Waals surface area contributed by atoms with Crippen molar-refractivity contribution in [2.24, 2.45) is 5.14 Å². The summed E-state index contributed by atoms with van der Waals surface area (Å²) in [5, 5.41) is 26.0. The van der Waals surface area contributed by atoms with E-state index in [4.69, 9.17) is 20.3 Å². The number of carbonyl (C=O) groups excluding carboxylic acids is 1. The molecule has 0 fully saturated rings. The third-order valence-corrected chi connectivity index (χ3v) is 6.55. The highest BCUT2D eigenvalue weighted by Gasteiger charge is 2.19. The topological polar surface area (TPSA) is 170 Å². The molecule has 0 amide bonds. The van der Waals surface area contributed by atoms with Gasteiger partial charge in [-0.25, -0.2) is 27.6 Å². The molecular weight excluding hydrogens is 521 g/mol. The molecule has 38 heavy (non-hydrogen) atoms. The standard InChI is InChI=1S/C24H30FN5O7S/c1-16-7-8-17(2)18(12-16)13-23-27-22(15-36-24(31)6-4-3-5-11-37-30(32)33)28-29(23)21-10-9-19(14-20(21)25)38(26,34)35/h7-10,12,14,32-33H,3-6,11,13,15H2,1-2H3,(H2,26,34,35). The van der Waals surface area contributed by atoms with Crippen molar-refractivity contribution < 1.29 is 37.6 Å². The third-order valence-electron chi connectivity index (χ3n) is 5.64. The Morgan fingerprint density at radius 2 is 1.89 bits per heavy atom. The molecule has 2 aromatic carbocycles. The van der Waals surface area contributed by atoms with E-state index in [2.05, 4.69) is 14.9 Å². The lowest BCUT2D eigenvalue weighted by atomic mass is 10.0. The number of esters is 1. The smallest absolute Gasteiger partial charge is 0.306 e. The molecule has 1 aromatic heterocycles. The lowest BCUT2D eigenvalue weighted by molar-refractivity contribution is -0.492. The fraction of sp³-hybridized carbons (Fsp3) is 0.375. The van der Waals surface area contributed by atoms with E-state index in [1.807, 2.05) is 32.0 Å². The summed E-state index contributed by atoms with van der Waals surface area (Å²) in [7, 11) is -4.10. The van der Waals surface area contributed by atoms with Gasteiger partial charge in [-0.3, -0.25) is 20.0 Å². The summed E-state index contributed by atoms with van der Waals surface area (Å²) in [5.41, 5.74) is 2.94. The molecule has 3 rings (SSSR count). The summed E-state index contributed by atoms with van der Waals surface area (Å²) in [6, 6.07) is 9.17. The van der Waals surface area contributed by atoms with Crippen molar-refractivity contribution in [3.05, 3.63) is 70.6 Å². The molecule has 1 heterocycles. The van der Waals surface area contributed by atoms with Gasteiger partial charge in [0.1, 0.15) is 17.3 Å². The number of hydrogen-bond donors (Lipinski definition) is 3. The molecule has 0 bridgehead atoms. The molecule has 0 aliphatic carbocycles. The molecular formula is C24H30FN5O7S. The quantitative estimate of drug-likeness (QED) is 0.163. The Bertz CT molecular complexity index is 1380. The summed E-state index contributed by atoms with van der Waals surface area (Å²) >= 11 is 0. The van der Waals surface area contributed by atoms with Gasteiger partial charge in [-0.15, -0.1) is 5.10 Å². The van der Waals surface area contributed by atoms with Crippen LogP contribution in [0.15, 0.2) is 41.3 Å². The highest BCUT2D eigenvalue weighted by Crippen LogP contribution is 2.22. The van der Waals surface area contributed by atoms with E-state index in [9.17, 15) is 17.6 Å². The molecule has 0 aliphatic rings. The maximum Gasteiger partial charge on any atom is 0.306 e. The minimum absolute atomic E-state index is 0.0330. The lowest BCUT2D eigenvalue weighted by Gasteiger charge is -2.10. The maximum absolute atomic E-state index is 15.0. The van der Waals surface area contributed by atoms with Crippen molar-refractivity contribution in [1.29, 1.82) is 0 Å². The largest absolute Gasteiger partial charge is 0.457 e. The van der Waals surface area contributed by atoms with Crippen LogP contribution in [-0.4, -0.2) is 51.6 Å². The molecule has 0 unspecified atom stereocenters. The zero-order valence-corrected chi connectivity index (χ0v) is 21.8. The minimum Gasteiger partial charge on any atom is -0.457 e. The fourth-order valence-electron chi connectivity index (χ4n) is 3.67. The highest BCUT2D eigenvalue weighted by molar-refractivity contribution is 7.89. The Morgan fingerprint density at radius 3 is 2.58 bits per heavy atom. The van der Waals surface area contributed by atoms with Crippen molar-refractivity contribution in [2.75, 3.05) is 6.61 Å². The second kappa shape index (κ2) is 13.0. The summed E-state index contributed by atoms with van der Waals surface area (Å²) in [6.07, 6.45) is 2.03. The number of nitrogens with zero attached hydrogens (tertiary/aromatic N) is 4. The summed E-state index contributed by atoms with van der Waals surface area (Å²) in [5.74, 6) is -0.823. The molecule has 0 aliphatic heterocycles. The van der Waals surface area contributed by atoms with E-state index in [-0.39, 0.29) is 41.4 Å². The van der Waals surface area contributed by atoms with E-state index >= 15 is 0 Å². The van der Waals surface area contributed by atoms with Crippen LogP contribution in [0.2, 0.25) is 0 Å². The van der Waals surface area contributed by atoms with Crippen molar-refractivity contribution in [3.8, 4) is 5.69 Å². The van der Waals surface area contributed by atoms with Crippen molar-refractivity contribution in [3.63, 3.8) is 0 Å². The molecule has 4 N–H and O–H groups in total.